The van der Waals surface area contributed by atoms with Crippen molar-refractivity contribution in [3.05, 3.63) is 81.6 Å². The molecular formula is C30H26F5N5O6. The summed E-state index contributed by atoms with van der Waals surface area (Å²) in [5.41, 5.74) is -1.39. The van der Waals surface area contributed by atoms with Crippen LogP contribution in [0.1, 0.15) is 35.2 Å². The van der Waals surface area contributed by atoms with E-state index in [9.17, 15) is 46.5 Å². The molecule has 1 saturated carbocycles. The number of aliphatic hydroxyl groups excluding tert-OH is 2. The minimum absolute atomic E-state index is 0.0160. The van der Waals surface area contributed by atoms with Gasteiger partial charge in [0.25, 0.3) is 11.5 Å². The molecule has 242 valence electrons. The number of nitrogens with zero attached hydrogens (tertiary/aromatic N) is 4. The molecule has 1 aliphatic carbocycles. The number of alkyl halides is 3. The number of halogens is 5. The predicted molar refractivity (Wildman–Crippen MR) is 153 cm³/mol. The number of aryl methyl sites for hydroxylation is 1. The molecule has 5 rings (SSSR count). The number of hydrogen-bond acceptors (Lipinski definition) is 9. The fourth-order valence-electron chi connectivity index (χ4n) is 4.82. The smallest absolute Gasteiger partial charge is 0.394 e. The lowest BCUT2D eigenvalue weighted by Gasteiger charge is -2.35. The fraction of sp³-hybridized carbons (Fsp3) is 0.300. The van der Waals surface area contributed by atoms with Crippen LogP contribution < -0.4 is 10.9 Å². The van der Waals surface area contributed by atoms with Gasteiger partial charge >= 0.3 is 12.1 Å². The Hall–Kier alpha value is -4.96. The summed E-state index contributed by atoms with van der Waals surface area (Å²) in [6.07, 6.45) is -4.13. The first-order chi connectivity index (χ1) is 21.8. The summed E-state index contributed by atoms with van der Waals surface area (Å²) in [5.74, 6) is -6.04. The summed E-state index contributed by atoms with van der Waals surface area (Å²) in [6, 6.07) is 7.60. The molecular weight excluding hydrogens is 621 g/mol. The minimum atomic E-state index is -5.35. The number of fused-ring (bicyclic) bond motifs is 1. The SMILES string of the molecule is Cc1ccc(C(=O)N(OC(=O)C(F)(F)F)C2CCC2)cc1-c1nc(NC(CO)CO)nc2c1ccc(=O)n2-c1c(F)cccc1F. The maximum absolute atomic E-state index is 15.0. The third-order valence-electron chi connectivity index (χ3n) is 7.44. The third kappa shape index (κ3) is 6.25. The van der Waals surface area contributed by atoms with Gasteiger partial charge < -0.3 is 20.4 Å². The van der Waals surface area contributed by atoms with Crippen LogP contribution in [0.4, 0.5) is 27.9 Å². The number of carbonyl (C=O) groups is 2. The first-order valence-corrected chi connectivity index (χ1v) is 13.9. The maximum Gasteiger partial charge on any atom is 0.493 e. The Morgan fingerprint density at radius 3 is 2.33 bits per heavy atom. The molecule has 4 aromatic rings. The number of para-hydroxylation sites is 1. The average Bonchev–Trinajstić information content (AvgIpc) is 2.98. The highest BCUT2D eigenvalue weighted by molar-refractivity contribution is 5.98. The molecule has 16 heteroatoms. The van der Waals surface area contributed by atoms with Crippen LogP contribution in [-0.4, -0.2) is 73.2 Å². The number of hydroxylamine groups is 2. The Morgan fingerprint density at radius 1 is 1.07 bits per heavy atom. The van der Waals surface area contributed by atoms with Gasteiger partial charge in [-0.3, -0.25) is 14.2 Å². The maximum atomic E-state index is 15.0. The molecule has 0 saturated heterocycles. The molecule has 0 radical (unpaired) electrons. The zero-order valence-corrected chi connectivity index (χ0v) is 24.0. The van der Waals surface area contributed by atoms with Gasteiger partial charge in [0.1, 0.15) is 17.3 Å². The largest absolute Gasteiger partial charge is 0.493 e. The Bertz CT molecular complexity index is 1850. The molecule has 1 fully saturated rings. The van der Waals surface area contributed by atoms with Gasteiger partial charge in [0, 0.05) is 22.6 Å². The van der Waals surface area contributed by atoms with E-state index in [2.05, 4.69) is 20.1 Å². The Balaban J connectivity index is 1.71. The number of aliphatic hydroxyl groups is 2. The van der Waals surface area contributed by atoms with Crippen LogP contribution in [0.2, 0.25) is 0 Å². The number of amides is 1. The number of anilines is 1. The van der Waals surface area contributed by atoms with E-state index >= 15 is 0 Å². The van der Waals surface area contributed by atoms with Crippen molar-refractivity contribution in [2.24, 2.45) is 0 Å². The lowest BCUT2D eigenvalue weighted by Crippen LogP contribution is -2.47. The molecule has 0 unspecified atom stereocenters. The Morgan fingerprint density at radius 2 is 1.74 bits per heavy atom. The molecule has 46 heavy (non-hydrogen) atoms. The van der Waals surface area contributed by atoms with Crippen molar-refractivity contribution in [1.29, 1.82) is 0 Å². The Kier molecular flexibility index (Phi) is 9.03. The number of carbonyl (C=O) groups excluding carboxylic acids is 2. The average molecular weight is 648 g/mol. The number of rotatable bonds is 8. The second-order valence-corrected chi connectivity index (χ2v) is 10.5. The normalized spacial score (nSPS) is 13.5. The van der Waals surface area contributed by atoms with E-state index in [0.29, 0.717) is 34.5 Å². The van der Waals surface area contributed by atoms with Gasteiger partial charge in [-0.25, -0.2) is 18.6 Å². The van der Waals surface area contributed by atoms with Crippen LogP contribution in [0.25, 0.3) is 28.0 Å². The van der Waals surface area contributed by atoms with E-state index in [0.717, 1.165) is 24.3 Å². The van der Waals surface area contributed by atoms with E-state index in [1.807, 2.05) is 0 Å². The van der Waals surface area contributed by atoms with Crippen LogP contribution >= 0.6 is 0 Å². The molecule has 2 heterocycles. The highest BCUT2D eigenvalue weighted by Gasteiger charge is 2.45. The molecule has 2 aromatic carbocycles. The van der Waals surface area contributed by atoms with Crippen molar-refractivity contribution in [2.45, 2.75) is 44.4 Å². The van der Waals surface area contributed by atoms with Gasteiger partial charge in [-0.05, 0) is 62.1 Å². The third-order valence-corrected chi connectivity index (χ3v) is 7.44. The highest BCUT2D eigenvalue weighted by Crippen LogP contribution is 2.34. The first kappa shape index (κ1) is 32.4. The van der Waals surface area contributed by atoms with Gasteiger partial charge in [0.15, 0.2) is 5.65 Å². The van der Waals surface area contributed by atoms with Gasteiger partial charge in [0.2, 0.25) is 5.95 Å². The molecule has 0 spiro atoms. The number of pyridine rings is 1. The molecule has 3 N–H and O–H groups in total. The topological polar surface area (TPSA) is 147 Å². The first-order valence-electron chi connectivity index (χ1n) is 13.9. The van der Waals surface area contributed by atoms with Crippen molar-refractivity contribution in [3.63, 3.8) is 0 Å². The second kappa shape index (κ2) is 12.8. The van der Waals surface area contributed by atoms with Crippen molar-refractivity contribution >= 4 is 28.9 Å². The molecule has 0 bridgehead atoms. The monoisotopic (exact) mass is 647 g/mol. The number of benzene rings is 2. The van der Waals surface area contributed by atoms with Crippen LogP contribution in [0.3, 0.4) is 0 Å². The van der Waals surface area contributed by atoms with E-state index < -0.39 is 66.2 Å². The Labute approximate surface area is 256 Å². The summed E-state index contributed by atoms with van der Waals surface area (Å²) in [6.45, 7) is 0.468. The van der Waals surface area contributed by atoms with Gasteiger partial charge in [-0.2, -0.15) is 23.2 Å². The van der Waals surface area contributed by atoms with E-state index in [4.69, 9.17) is 0 Å². The van der Waals surface area contributed by atoms with Crippen molar-refractivity contribution < 1.29 is 46.6 Å². The fourth-order valence-corrected chi connectivity index (χ4v) is 4.82. The van der Waals surface area contributed by atoms with Crippen molar-refractivity contribution in [2.75, 3.05) is 18.5 Å². The van der Waals surface area contributed by atoms with Crippen molar-refractivity contribution in [3.8, 4) is 16.9 Å². The summed E-state index contributed by atoms with van der Waals surface area (Å²) in [4.78, 5) is 51.5. The number of aromatic nitrogens is 3. The van der Waals surface area contributed by atoms with Gasteiger partial charge in [0.05, 0.1) is 31.0 Å². The number of nitrogens with one attached hydrogen (secondary N) is 1. The van der Waals surface area contributed by atoms with E-state index in [1.54, 1.807) is 6.92 Å². The van der Waals surface area contributed by atoms with Crippen LogP contribution in [0.15, 0.2) is 53.3 Å². The van der Waals surface area contributed by atoms with E-state index in [1.165, 1.54) is 24.3 Å². The lowest BCUT2D eigenvalue weighted by molar-refractivity contribution is -0.237. The second-order valence-electron chi connectivity index (χ2n) is 10.5. The highest BCUT2D eigenvalue weighted by atomic mass is 19.4. The molecule has 0 aliphatic heterocycles. The molecule has 1 amide bonds. The summed E-state index contributed by atoms with van der Waals surface area (Å²) in [5, 5.41) is 22.4. The zero-order valence-electron chi connectivity index (χ0n) is 24.0. The summed E-state index contributed by atoms with van der Waals surface area (Å²) >= 11 is 0. The van der Waals surface area contributed by atoms with Gasteiger partial charge in [-0.15, -0.1) is 0 Å². The number of hydrogen-bond donors (Lipinski definition) is 3. The van der Waals surface area contributed by atoms with Crippen LogP contribution in [0, 0.1) is 18.6 Å². The van der Waals surface area contributed by atoms with Gasteiger partial charge in [-0.1, -0.05) is 12.1 Å². The molecule has 1 aliphatic rings. The molecule has 2 aromatic heterocycles. The molecule has 11 nitrogen and oxygen atoms in total. The standard InChI is InChI=1S/C30H26F5N5O6/c1-15-8-9-16(27(44)40(18-4-2-5-18)46-28(45)30(33,34)35)12-20(15)24-19-10-11-23(43)39(25-21(31)6-3-7-22(25)32)26(19)38-29(37-24)36-17(13-41)14-42/h3,6-12,17-18,41-42H,2,4-5,13-14H2,1H3,(H,36,37,38). The quantitative estimate of drug-likeness (QED) is 0.192. The predicted octanol–water partition coefficient (Wildman–Crippen LogP) is 3.81. The van der Waals surface area contributed by atoms with Crippen LogP contribution in [-0.2, 0) is 9.63 Å². The summed E-state index contributed by atoms with van der Waals surface area (Å²) in [7, 11) is 0. The van der Waals surface area contributed by atoms with Crippen LogP contribution in [0.5, 0.6) is 0 Å². The van der Waals surface area contributed by atoms with Crippen molar-refractivity contribution in [1.82, 2.24) is 19.6 Å². The van der Waals surface area contributed by atoms with E-state index in [-0.39, 0.29) is 33.8 Å². The zero-order chi connectivity index (χ0) is 33.3. The summed E-state index contributed by atoms with van der Waals surface area (Å²) < 4.78 is 69.7. The lowest BCUT2D eigenvalue weighted by atomic mass is 9.92. The molecule has 0 atom stereocenters. The minimum Gasteiger partial charge on any atom is -0.394 e.